The number of nitrogens with one attached hydrogen (secondary N) is 1. The Balaban J connectivity index is 2.83. The van der Waals surface area contributed by atoms with Gasteiger partial charge >= 0.3 is 0 Å². The number of hydrogen-bond donors (Lipinski definition) is 1. The van der Waals surface area contributed by atoms with Crippen molar-refractivity contribution in [1.29, 1.82) is 0 Å². The van der Waals surface area contributed by atoms with E-state index in [1.807, 2.05) is 6.07 Å². The molecule has 1 aromatic carbocycles. The second kappa shape index (κ2) is 8.43. The van der Waals surface area contributed by atoms with Gasteiger partial charge in [0.25, 0.3) is 0 Å². The lowest BCUT2D eigenvalue weighted by Crippen LogP contribution is -2.24. The Labute approximate surface area is 124 Å². The van der Waals surface area contributed by atoms with Gasteiger partial charge in [-0.3, -0.25) is 0 Å². The van der Waals surface area contributed by atoms with E-state index in [-0.39, 0.29) is 0 Å². The van der Waals surface area contributed by atoms with Crippen molar-refractivity contribution < 1.29 is 9.47 Å². The summed E-state index contributed by atoms with van der Waals surface area (Å²) in [5.41, 5.74) is 1.19. The van der Waals surface area contributed by atoms with Gasteiger partial charge in [0.15, 0.2) is 11.5 Å². The highest BCUT2D eigenvalue weighted by atomic mass is 79.9. The fourth-order valence-corrected chi connectivity index (χ4v) is 2.26. The molecule has 0 saturated heterocycles. The third kappa shape index (κ3) is 5.03. The molecule has 19 heavy (non-hydrogen) atoms. The molecule has 1 N–H and O–H groups in total. The van der Waals surface area contributed by atoms with Gasteiger partial charge < -0.3 is 14.8 Å². The zero-order valence-corrected chi connectivity index (χ0v) is 13.8. The zero-order chi connectivity index (χ0) is 14.3. The van der Waals surface area contributed by atoms with E-state index < -0.39 is 0 Å². The highest BCUT2D eigenvalue weighted by Gasteiger charge is 2.11. The van der Waals surface area contributed by atoms with Gasteiger partial charge in [-0.2, -0.15) is 0 Å². The van der Waals surface area contributed by atoms with Crippen LogP contribution in [0, 0.1) is 0 Å². The number of methoxy groups -OCH3 is 1. The van der Waals surface area contributed by atoms with Crippen LogP contribution in [0.25, 0.3) is 0 Å². The molecule has 108 valence electrons. The molecule has 0 radical (unpaired) electrons. The van der Waals surface area contributed by atoms with Crippen molar-refractivity contribution in [3.63, 3.8) is 0 Å². The summed E-state index contributed by atoms with van der Waals surface area (Å²) in [6, 6.07) is 4.63. The predicted octanol–water partition coefficient (Wildman–Crippen LogP) is 4.13. The van der Waals surface area contributed by atoms with Crippen molar-refractivity contribution in [2.75, 3.05) is 13.7 Å². The van der Waals surface area contributed by atoms with Crippen molar-refractivity contribution in [2.24, 2.45) is 0 Å². The molecule has 0 fully saturated rings. The van der Waals surface area contributed by atoms with E-state index >= 15 is 0 Å². The average Bonchev–Trinajstić information content (AvgIpc) is 2.42. The van der Waals surface area contributed by atoms with Gasteiger partial charge in [-0.25, -0.2) is 0 Å². The lowest BCUT2D eigenvalue weighted by atomic mass is 10.1. The minimum atomic E-state index is 0.515. The Hall–Kier alpha value is -0.740. The summed E-state index contributed by atoms with van der Waals surface area (Å²) in [5, 5.41) is 3.47. The van der Waals surface area contributed by atoms with Crippen LogP contribution in [0.3, 0.4) is 0 Å². The van der Waals surface area contributed by atoms with Crippen LogP contribution in [0.2, 0.25) is 0 Å². The molecule has 0 spiro atoms. The van der Waals surface area contributed by atoms with E-state index in [0.717, 1.165) is 35.4 Å². The summed E-state index contributed by atoms with van der Waals surface area (Å²) < 4.78 is 12.1. The minimum absolute atomic E-state index is 0.515. The van der Waals surface area contributed by atoms with Gasteiger partial charge in [0.2, 0.25) is 0 Å². The normalized spacial score (nSPS) is 12.3. The summed E-state index contributed by atoms with van der Waals surface area (Å²) in [6.45, 7) is 7.98. The van der Waals surface area contributed by atoms with E-state index in [2.05, 4.69) is 48.1 Å². The van der Waals surface area contributed by atoms with E-state index in [0.29, 0.717) is 12.6 Å². The smallest absolute Gasteiger partial charge is 0.175 e. The SMILES string of the molecule is CCCOc1c(Br)cc(CN[C@@H](C)CC)cc1OC. The van der Waals surface area contributed by atoms with E-state index in [1.54, 1.807) is 7.11 Å². The lowest BCUT2D eigenvalue weighted by Gasteiger charge is -2.16. The van der Waals surface area contributed by atoms with Crippen LogP contribution in [0.1, 0.15) is 39.2 Å². The number of rotatable bonds is 8. The van der Waals surface area contributed by atoms with Gasteiger partial charge in [-0.1, -0.05) is 13.8 Å². The van der Waals surface area contributed by atoms with Gasteiger partial charge in [0, 0.05) is 12.6 Å². The van der Waals surface area contributed by atoms with Crippen molar-refractivity contribution in [1.82, 2.24) is 5.32 Å². The van der Waals surface area contributed by atoms with Crippen LogP contribution in [-0.2, 0) is 6.54 Å². The second-order valence-corrected chi connectivity index (χ2v) is 5.50. The van der Waals surface area contributed by atoms with Crippen LogP contribution >= 0.6 is 15.9 Å². The largest absolute Gasteiger partial charge is 0.493 e. The number of halogens is 1. The summed E-state index contributed by atoms with van der Waals surface area (Å²) >= 11 is 3.56. The molecule has 4 heteroatoms. The third-order valence-corrected chi connectivity index (χ3v) is 3.60. The molecule has 1 aromatic rings. The Kier molecular flexibility index (Phi) is 7.24. The number of ether oxygens (including phenoxy) is 2. The Morgan fingerprint density at radius 2 is 2.05 bits per heavy atom. The molecule has 0 aliphatic rings. The maximum absolute atomic E-state index is 5.72. The molecular formula is C15H24BrNO2. The van der Waals surface area contributed by atoms with Crippen LogP contribution in [0.5, 0.6) is 11.5 Å². The van der Waals surface area contributed by atoms with E-state index in [1.165, 1.54) is 5.56 Å². The molecule has 1 atom stereocenters. The molecule has 0 heterocycles. The topological polar surface area (TPSA) is 30.5 Å². The third-order valence-electron chi connectivity index (χ3n) is 3.01. The highest BCUT2D eigenvalue weighted by molar-refractivity contribution is 9.10. The monoisotopic (exact) mass is 329 g/mol. The fraction of sp³-hybridized carbons (Fsp3) is 0.600. The molecule has 3 nitrogen and oxygen atoms in total. The highest BCUT2D eigenvalue weighted by Crippen LogP contribution is 2.36. The van der Waals surface area contributed by atoms with Crippen molar-refractivity contribution in [3.05, 3.63) is 22.2 Å². The van der Waals surface area contributed by atoms with E-state index in [4.69, 9.17) is 9.47 Å². The quantitative estimate of drug-likeness (QED) is 0.777. The molecule has 0 unspecified atom stereocenters. The van der Waals surface area contributed by atoms with Gasteiger partial charge in [-0.15, -0.1) is 0 Å². The fourth-order valence-electron chi connectivity index (χ4n) is 1.66. The standard InChI is InChI=1S/C15H24BrNO2/c1-5-7-19-15-13(16)8-12(9-14(15)18-4)10-17-11(3)6-2/h8-9,11,17H,5-7,10H2,1-4H3/t11-/m0/s1. The second-order valence-electron chi connectivity index (χ2n) is 4.65. The molecular weight excluding hydrogens is 306 g/mol. The predicted molar refractivity (Wildman–Crippen MR) is 83.1 cm³/mol. The molecule has 0 amide bonds. The summed E-state index contributed by atoms with van der Waals surface area (Å²) in [6.07, 6.45) is 2.10. The molecule has 1 rings (SSSR count). The summed E-state index contributed by atoms with van der Waals surface area (Å²) in [5.74, 6) is 1.57. The lowest BCUT2D eigenvalue weighted by molar-refractivity contribution is 0.292. The first-order valence-electron chi connectivity index (χ1n) is 6.84. The van der Waals surface area contributed by atoms with Gasteiger partial charge in [-0.05, 0) is 53.4 Å². The first-order chi connectivity index (χ1) is 9.12. The van der Waals surface area contributed by atoms with Gasteiger partial charge in [0.05, 0.1) is 18.2 Å². The molecule has 0 aromatic heterocycles. The van der Waals surface area contributed by atoms with Gasteiger partial charge in [0.1, 0.15) is 0 Å². The van der Waals surface area contributed by atoms with Crippen LogP contribution in [0.4, 0.5) is 0 Å². The number of benzene rings is 1. The zero-order valence-electron chi connectivity index (χ0n) is 12.3. The molecule has 0 aliphatic heterocycles. The Morgan fingerprint density at radius 3 is 2.63 bits per heavy atom. The van der Waals surface area contributed by atoms with Crippen molar-refractivity contribution in [3.8, 4) is 11.5 Å². The van der Waals surface area contributed by atoms with E-state index in [9.17, 15) is 0 Å². The first-order valence-corrected chi connectivity index (χ1v) is 7.64. The Bertz CT molecular complexity index is 396. The van der Waals surface area contributed by atoms with Crippen LogP contribution in [0.15, 0.2) is 16.6 Å². The summed E-state index contributed by atoms with van der Waals surface area (Å²) in [4.78, 5) is 0. The molecule has 0 saturated carbocycles. The molecule has 0 aliphatic carbocycles. The molecule has 0 bridgehead atoms. The van der Waals surface area contributed by atoms with Crippen LogP contribution < -0.4 is 14.8 Å². The van der Waals surface area contributed by atoms with Crippen molar-refractivity contribution >= 4 is 15.9 Å². The minimum Gasteiger partial charge on any atom is -0.493 e. The maximum Gasteiger partial charge on any atom is 0.175 e. The summed E-state index contributed by atoms with van der Waals surface area (Å²) in [7, 11) is 1.67. The average molecular weight is 330 g/mol. The first kappa shape index (κ1) is 16.3. The Morgan fingerprint density at radius 1 is 1.32 bits per heavy atom. The maximum atomic E-state index is 5.72. The van der Waals surface area contributed by atoms with Crippen molar-refractivity contribution in [2.45, 2.75) is 46.2 Å². The number of hydrogen-bond acceptors (Lipinski definition) is 3. The van der Waals surface area contributed by atoms with Crippen LogP contribution in [-0.4, -0.2) is 19.8 Å².